The number of nitrogens with one attached hydrogen (secondary N) is 2. The molecule has 1 rings (SSSR count). The van der Waals surface area contributed by atoms with Crippen LogP contribution in [-0.4, -0.2) is 18.0 Å². The van der Waals surface area contributed by atoms with Crippen LogP contribution in [0.25, 0.3) is 0 Å². The van der Waals surface area contributed by atoms with Gasteiger partial charge >= 0.3 is 0 Å². The van der Waals surface area contributed by atoms with Crippen LogP contribution in [0.3, 0.4) is 0 Å². The zero-order valence-electron chi connectivity index (χ0n) is 12.1. The van der Waals surface area contributed by atoms with Gasteiger partial charge in [0.15, 0.2) is 0 Å². The molecular weight excluding hydrogens is 304 g/mol. The van der Waals surface area contributed by atoms with Gasteiger partial charge in [-0.2, -0.15) is 0 Å². The van der Waals surface area contributed by atoms with Crippen LogP contribution < -0.4 is 10.6 Å². The third kappa shape index (κ3) is 6.21. The summed E-state index contributed by atoms with van der Waals surface area (Å²) in [6.45, 7) is 8.96. The fraction of sp³-hybridized carbons (Fsp3) is 0.533. The average Bonchev–Trinajstić information content (AvgIpc) is 2.27. The molecule has 19 heavy (non-hydrogen) atoms. The van der Waals surface area contributed by atoms with Crippen LogP contribution >= 0.6 is 15.9 Å². The molecule has 3 nitrogen and oxygen atoms in total. The van der Waals surface area contributed by atoms with Gasteiger partial charge in [-0.1, -0.05) is 34.1 Å². The maximum atomic E-state index is 11.9. The topological polar surface area (TPSA) is 41.1 Å². The second-order valence-corrected chi connectivity index (χ2v) is 6.59. The Morgan fingerprint density at radius 3 is 2.53 bits per heavy atom. The average molecular weight is 327 g/mol. The Labute approximate surface area is 124 Å². The minimum Gasteiger partial charge on any atom is -0.350 e. The third-order valence-corrected chi connectivity index (χ3v) is 3.48. The van der Waals surface area contributed by atoms with Crippen molar-refractivity contribution in [3.63, 3.8) is 0 Å². The van der Waals surface area contributed by atoms with Gasteiger partial charge in [0.05, 0.1) is 6.04 Å². The molecule has 1 amide bonds. The third-order valence-electron chi connectivity index (χ3n) is 2.76. The van der Waals surface area contributed by atoms with Crippen LogP contribution in [0.1, 0.15) is 45.7 Å². The normalized spacial score (nSPS) is 13.1. The first-order valence-corrected chi connectivity index (χ1v) is 7.38. The predicted octanol–water partition coefficient (Wildman–Crippen LogP) is 3.40. The lowest BCUT2D eigenvalue weighted by molar-refractivity contribution is -0.121. The highest BCUT2D eigenvalue weighted by molar-refractivity contribution is 9.10. The van der Waals surface area contributed by atoms with Gasteiger partial charge in [0, 0.05) is 23.0 Å². The van der Waals surface area contributed by atoms with E-state index in [1.165, 1.54) is 0 Å². The molecule has 106 valence electrons. The number of rotatable bonds is 5. The SMILES string of the molecule is C[C@H](NC(=O)CCNC(C)(C)C)c1ccccc1Br. The molecule has 0 bridgehead atoms. The Morgan fingerprint density at radius 1 is 1.32 bits per heavy atom. The number of hydrogen-bond donors (Lipinski definition) is 2. The fourth-order valence-electron chi connectivity index (χ4n) is 1.77. The van der Waals surface area contributed by atoms with E-state index in [1.54, 1.807) is 0 Å². The van der Waals surface area contributed by atoms with Crippen molar-refractivity contribution in [2.24, 2.45) is 0 Å². The summed E-state index contributed by atoms with van der Waals surface area (Å²) in [5.41, 5.74) is 1.15. The van der Waals surface area contributed by atoms with Crippen molar-refractivity contribution >= 4 is 21.8 Å². The molecule has 1 aromatic carbocycles. The van der Waals surface area contributed by atoms with E-state index in [2.05, 4.69) is 47.3 Å². The number of carbonyl (C=O) groups is 1. The summed E-state index contributed by atoms with van der Waals surface area (Å²) in [6.07, 6.45) is 0.492. The molecule has 4 heteroatoms. The first-order chi connectivity index (χ1) is 8.79. The highest BCUT2D eigenvalue weighted by Crippen LogP contribution is 2.22. The van der Waals surface area contributed by atoms with E-state index in [1.807, 2.05) is 31.2 Å². The van der Waals surface area contributed by atoms with Gasteiger partial charge in [-0.25, -0.2) is 0 Å². The number of hydrogen-bond acceptors (Lipinski definition) is 2. The molecule has 0 aliphatic heterocycles. The van der Waals surface area contributed by atoms with Crippen LogP contribution in [-0.2, 0) is 4.79 Å². The molecular formula is C15H23BrN2O. The smallest absolute Gasteiger partial charge is 0.221 e. The summed E-state index contributed by atoms with van der Waals surface area (Å²) in [4.78, 5) is 11.9. The van der Waals surface area contributed by atoms with Crippen molar-refractivity contribution in [3.8, 4) is 0 Å². The van der Waals surface area contributed by atoms with Gasteiger partial charge < -0.3 is 10.6 Å². The largest absolute Gasteiger partial charge is 0.350 e. The molecule has 0 unspecified atom stereocenters. The van der Waals surface area contributed by atoms with E-state index >= 15 is 0 Å². The molecule has 0 aliphatic carbocycles. The van der Waals surface area contributed by atoms with E-state index < -0.39 is 0 Å². The van der Waals surface area contributed by atoms with Gasteiger partial charge in [-0.05, 0) is 39.3 Å². The highest BCUT2D eigenvalue weighted by Gasteiger charge is 2.13. The molecule has 0 radical (unpaired) electrons. The summed E-state index contributed by atoms with van der Waals surface area (Å²) >= 11 is 3.50. The van der Waals surface area contributed by atoms with Crippen LogP contribution in [0, 0.1) is 0 Å². The minimum atomic E-state index is 0.0118. The number of carbonyl (C=O) groups excluding carboxylic acids is 1. The van der Waals surface area contributed by atoms with Crippen LogP contribution in [0.5, 0.6) is 0 Å². The lowest BCUT2D eigenvalue weighted by Crippen LogP contribution is -2.38. The molecule has 1 atom stereocenters. The Bertz CT molecular complexity index is 426. The summed E-state index contributed by atoms with van der Waals surface area (Å²) in [6, 6.07) is 7.96. The fourth-order valence-corrected chi connectivity index (χ4v) is 2.40. The van der Waals surface area contributed by atoms with Gasteiger partial charge in [-0.15, -0.1) is 0 Å². The number of benzene rings is 1. The minimum absolute atomic E-state index is 0.0118. The van der Waals surface area contributed by atoms with Crippen molar-refractivity contribution in [2.75, 3.05) is 6.54 Å². The number of halogens is 1. The van der Waals surface area contributed by atoms with Gasteiger partial charge in [0.1, 0.15) is 0 Å². The molecule has 0 saturated heterocycles. The van der Waals surface area contributed by atoms with E-state index in [0.29, 0.717) is 13.0 Å². The van der Waals surface area contributed by atoms with Crippen molar-refractivity contribution in [3.05, 3.63) is 34.3 Å². The lowest BCUT2D eigenvalue weighted by atomic mass is 10.1. The Morgan fingerprint density at radius 2 is 1.95 bits per heavy atom. The molecule has 0 aliphatic rings. The lowest BCUT2D eigenvalue weighted by Gasteiger charge is -2.21. The molecule has 0 heterocycles. The van der Waals surface area contributed by atoms with E-state index in [9.17, 15) is 4.79 Å². The van der Waals surface area contributed by atoms with Gasteiger partial charge in [0.2, 0.25) is 5.91 Å². The molecule has 0 saturated carbocycles. The maximum absolute atomic E-state index is 11.9. The van der Waals surface area contributed by atoms with Crippen molar-refractivity contribution in [2.45, 2.75) is 45.7 Å². The molecule has 1 aromatic rings. The first kappa shape index (κ1) is 16.2. The molecule has 0 fully saturated rings. The van der Waals surface area contributed by atoms with Crippen molar-refractivity contribution < 1.29 is 4.79 Å². The second kappa shape index (κ2) is 7.06. The Hall–Kier alpha value is -0.870. The predicted molar refractivity (Wildman–Crippen MR) is 83.1 cm³/mol. The number of amides is 1. The molecule has 0 aromatic heterocycles. The van der Waals surface area contributed by atoms with Gasteiger partial charge in [0.25, 0.3) is 0 Å². The summed E-state index contributed by atoms with van der Waals surface area (Å²) in [5, 5.41) is 6.32. The standard InChI is InChI=1S/C15H23BrN2O/c1-11(12-7-5-6-8-13(12)16)18-14(19)9-10-17-15(2,3)4/h5-8,11,17H,9-10H2,1-4H3,(H,18,19)/t11-/m0/s1. The Kier molecular flexibility index (Phi) is 6.01. The summed E-state index contributed by atoms with van der Waals surface area (Å²) in [7, 11) is 0. The van der Waals surface area contributed by atoms with Crippen molar-refractivity contribution in [1.29, 1.82) is 0 Å². The zero-order chi connectivity index (χ0) is 14.5. The zero-order valence-corrected chi connectivity index (χ0v) is 13.7. The summed E-state index contributed by atoms with van der Waals surface area (Å²) in [5.74, 6) is 0.0694. The van der Waals surface area contributed by atoms with Crippen LogP contribution in [0.4, 0.5) is 0 Å². The maximum Gasteiger partial charge on any atom is 0.221 e. The molecule has 2 N–H and O–H groups in total. The first-order valence-electron chi connectivity index (χ1n) is 6.58. The Balaban J connectivity index is 2.43. The summed E-state index contributed by atoms with van der Waals surface area (Å²) < 4.78 is 1.02. The van der Waals surface area contributed by atoms with Crippen molar-refractivity contribution in [1.82, 2.24) is 10.6 Å². The van der Waals surface area contributed by atoms with Crippen LogP contribution in [0.15, 0.2) is 28.7 Å². The highest BCUT2D eigenvalue weighted by atomic mass is 79.9. The second-order valence-electron chi connectivity index (χ2n) is 5.74. The van der Waals surface area contributed by atoms with E-state index in [4.69, 9.17) is 0 Å². The quantitative estimate of drug-likeness (QED) is 0.870. The van der Waals surface area contributed by atoms with Gasteiger partial charge in [-0.3, -0.25) is 4.79 Å². The molecule has 0 spiro atoms. The van der Waals surface area contributed by atoms with E-state index in [-0.39, 0.29) is 17.5 Å². The van der Waals surface area contributed by atoms with Crippen LogP contribution in [0.2, 0.25) is 0 Å². The monoisotopic (exact) mass is 326 g/mol. The van der Waals surface area contributed by atoms with E-state index in [0.717, 1.165) is 10.0 Å².